The van der Waals surface area contributed by atoms with Gasteiger partial charge in [-0.1, -0.05) is 36.7 Å². The van der Waals surface area contributed by atoms with Gasteiger partial charge in [-0.05, 0) is 84.8 Å². The molecule has 6 rings (SSSR count). The van der Waals surface area contributed by atoms with E-state index in [2.05, 4.69) is 28.1 Å². The molecule has 2 aromatic heterocycles. The first kappa shape index (κ1) is 29.7. The lowest BCUT2D eigenvalue weighted by atomic mass is 9.91. The van der Waals surface area contributed by atoms with Gasteiger partial charge in [0.1, 0.15) is 30.2 Å². The number of hydrogen-bond donors (Lipinski definition) is 1. The number of unbranched alkanes of at least 4 members (excludes halogenated alkanes) is 1. The lowest BCUT2D eigenvalue weighted by Crippen LogP contribution is -2.42. The minimum Gasteiger partial charge on any atom is -0.493 e. The fourth-order valence-corrected chi connectivity index (χ4v) is 6.01. The second-order valence-electron chi connectivity index (χ2n) is 10.9. The van der Waals surface area contributed by atoms with Gasteiger partial charge in [0.15, 0.2) is 0 Å². The van der Waals surface area contributed by atoms with Crippen LogP contribution in [0.15, 0.2) is 73.3 Å². The maximum absolute atomic E-state index is 13.8. The second kappa shape index (κ2) is 13.5. The number of aromatic amines is 1. The van der Waals surface area contributed by atoms with Crippen LogP contribution in [-0.4, -0.2) is 51.0 Å². The summed E-state index contributed by atoms with van der Waals surface area (Å²) >= 11 is 6.39. The average Bonchev–Trinajstić information content (AvgIpc) is 3.69. The summed E-state index contributed by atoms with van der Waals surface area (Å²) in [7, 11) is 1.67. The van der Waals surface area contributed by atoms with Gasteiger partial charge in [0, 0.05) is 47.4 Å². The molecule has 0 saturated carbocycles. The van der Waals surface area contributed by atoms with Crippen molar-refractivity contribution in [2.75, 3.05) is 20.3 Å². The third-order valence-corrected chi connectivity index (χ3v) is 8.30. The number of carbonyl (C=O) groups excluding carboxylic acids is 1. The number of methoxy groups -OCH3 is 1. The number of ether oxygens (including phenoxy) is 3. The molecule has 1 aliphatic heterocycles. The van der Waals surface area contributed by atoms with Crippen LogP contribution in [0.3, 0.4) is 0 Å². The Balaban J connectivity index is 1.29. The number of amides is 1. The molecule has 1 amide bonds. The highest BCUT2D eigenvalue weighted by Crippen LogP contribution is 2.40. The summed E-state index contributed by atoms with van der Waals surface area (Å²) in [5.41, 5.74) is 6.13. The Morgan fingerprint density at radius 1 is 1.09 bits per heavy atom. The summed E-state index contributed by atoms with van der Waals surface area (Å²) in [5.74, 6) is 1.29. The molecular weight excluding hydrogens is 578 g/mol. The lowest BCUT2D eigenvalue weighted by Gasteiger charge is -2.35. The van der Waals surface area contributed by atoms with Crippen molar-refractivity contribution in [2.24, 2.45) is 0 Å². The highest BCUT2D eigenvalue weighted by atomic mass is 35.5. The summed E-state index contributed by atoms with van der Waals surface area (Å²) < 4.78 is 19.5. The second-order valence-corrected chi connectivity index (χ2v) is 11.4. The molecule has 1 atom stereocenters. The molecule has 9 nitrogen and oxygen atoms in total. The van der Waals surface area contributed by atoms with Gasteiger partial charge < -0.3 is 19.2 Å². The van der Waals surface area contributed by atoms with E-state index in [4.69, 9.17) is 25.8 Å². The number of nitrogens with one attached hydrogen (secondary N) is 1. The zero-order valence-corrected chi connectivity index (χ0v) is 25.7. The molecule has 0 aliphatic carbocycles. The van der Waals surface area contributed by atoms with Crippen LogP contribution < -0.4 is 9.47 Å². The van der Waals surface area contributed by atoms with Crippen LogP contribution in [0, 0.1) is 0 Å². The number of fused-ring (bicyclic) bond motifs is 3. The quantitative estimate of drug-likeness (QED) is 0.159. The summed E-state index contributed by atoms with van der Waals surface area (Å²) in [5, 5.41) is 5.90. The predicted molar refractivity (Wildman–Crippen MR) is 169 cm³/mol. The Kier molecular flexibility index (Phi) is 9.14. The largest absolute Gasteiger partial charge is 0.493 e. The Morgan fingerprint density at radius 3 is 2.73 bits per heavy atom. The third kappa shape index (κ3) is 6.44. The summed E-state index contributed by atoms with van der Waals surface area (Å²) in [4.78, 5) is 23.1. The standard InChI is InChI=1S/C34H36ClN5O4/c1-3-23-6-10-27(11-7-23)44-34(41)40-16-14-28-29-19-26(35)9-12-30(29)38-32(28)33(40)24-8-13-31(25(18-24)20-42-2)43-17-5-4-15-39-22-36-21-37-39/h6-13,18-19,21-22,33,38H,3-5,14-17,20H2,1-2H3. The van der Waals surface area contributed by atoms with Crippen molar-refractivity contribution in [1.82, 2.24) is 24.6 Å². The van der Waals surface area contributed by atoms with Gasteiger partial charge in [-0.3, -0.25) is 9.58 Å². The zero-order chi connectivity index (χ0) is 30.5. The van der Waals surface area contributed by atoms with E-state index in [1.807, 2.05) is 59.3 Å². The number of carbonyl (C=O) groups is 1. The molecule has 10 heteroatoms. The van der Waals surface area contributed by atoms with E-state index in [-0.39, 0.29) is 0 Å². The Labute approximate surface area is 261 Å². The lowest BCUT2D eigenvalue weighted by molar-refractivity contribution is 0.135. The van der Waals surface area contributed by atoms with E-state index in [1.165, 1.54) is 5.56 Å². The van der Waals surface area contributed by atoms with Gasteiger partial charge >= 0.3 is 6.09 Å². The molecule has 1 aliphatic rings. The van der Waals surface area contributed by atoms with Crippen molar-refractivity contribution < 1.29 is 19.0 Å². The molecule has 0 radical (unpaired) electrons. The number of aryl methyl sites for hydroxylation is 2. The molecule has 0 bridgehead atoms. The number of aromatic nitrogens is 4. The smallest absolute Gasteiger partial charge is 0.416 e. The summed E-state index contributed by atoms with van der Waals surface area (Å²) in [6.45, 7) is 4.32. The molecule has 3 aromatic carbocycles. The molecule has 0 fully saturated rings. The van der Waals surface area contributed by atoms with E-state index in [0.717, 1.165) is 64.8 Å². The highest BCUT2D eigenvalue weighted by molar-refractivity contribution is 6.31. The van der Waals surface area contributed by atoms with Gasteiger partial charge in [0.2, 0.25) is 0 Å². The SMILES string of the molecule is CCc1ccc(OC(=O)N2CCc3c([nH]c4ccc(Cl)cc34)C2c2ccc(OCCCCn3cncn3)c(COC)c2)cc1. The number of benzene rings is 3. The number of rotatable bonds is 11. The first-order valence-corrected chi connectivity index (χ1v) is 15.4. The number of hydrogen-bond acceptors (Lipinski definition) is 6. The fourth-order valence-electron chi connectivity index (χ4n) is 5.84. The summed E-state index contributed by atoms with van der Waals surface area (Å²) in [6, 6.07) is 19.2. The van der Waals surface area contributed by atoms with Crippen LogP contribution in [0.5, 0.6) is 11.5 Å². The monoisotopic (exact) mass is 613 g/mol. The third-order valence-electron chi connectivity index (χ3n) is 8.07. The van der Waals surface area contributed by atoms with Crippen LogP contribution in [0.25, 0.3) is 10.9 Å². The van der Waals surface area contributed by atoms with Crippen molar-refractivity contribution >= 4 is 28.6 Å². The topological polar surface area (TPSA) is 94.5 Å². The van der Waals surface area contributed by atoms with Crippen LogP contribution in [0.4, 0.5) is 4.79 Å². The Hall–Kier alpha value is -4.34. The molecule has 0 saturated heterocycles. The molecular formula is C34H36ClN5O4. The minimum atomic E-state index is -0.403. The molecule has 1 unspecified atom stereocenters. The van der Waals surface area contributed by atoms with Gasteiger partial charge in [0.25, 0.3) is 0 Å². The van der Waals surface area contributed by atoms with Crippen LogP contribution in [0.2, 0.25) is 5.02 Å². The predicted octanol–water partition coefficient (Wildman–Crippen LogP) is 7.13. The first-order valence-electron chi connectivity index (χ1n) is 15.0. The zero-order valence-electron chi connectivity index (χ0n) is 25.0. The highest BCUT2D eigenvalue weighted by Gasteiger charge is 2.36. The van der Waals surface area contributed by atoms with Gasteiger partial charge in [0.05, 0.1) is 13.2 Å². The van der Waals surface area contributed by atoms with Crippen LogP contribution in [-0.2, 0) is 30.7 Å². The van der Waals surface area contributed by atoms with E-state index < -0.39 is 12.1 Å². The van der Waals surface area contributed by atoms with Crippen molar-refractivity contribution in [3.05, 3.63) is 106 Å². The summed E-state index contributed by atoms with van der Waals surface area (Å²) in [6.07, 6.45) is 6.25. The number of halogens is 1. The maximum atomic E-state index is 13.8. The van der Waals surface area contributed by atoms with Crippen molar-refractivity contribution in [1.29, 1.82) is 0 Å². The van der Waals surface area contributed by atoms with E-state index >= 15 is 0 Å². The molecule has 1 N–H and O–H groups in total. The Morgan fingerprint density at radius 2 is 1.95 bits per heavy atom. The maximum Gasteiger partial charge on any atom is 0.416 e. The van der Waals surface area contributed by atoms with Crippen LogP contribution >= 0.6 is 11.6 Å². The van der Waals surface area contributed by atoms with Gasteiger partial charge in [-0.25, -0.2) is 9.78 Å². The molecule has 228 valence electrons. The van der Waals surface area contributed by atoms with E-state index in [9.17, 15) is 4.79 Å². The van der Waals surface area contributed by atoms with Crippen molar-refractivity contribution in [3.8, 4) is 11.5 Å². The molecule has 3 heterocycles. The molecule has 5 aromatic rings. The van der Waals surface area contributed by atoms with E-state index in [0.29, 0.717) is 37.0 Å². The fraction of sp³-hybridized carbons (Fsp3) is 0.324. The Bertz CT molecular complexity index is 1720. The van der Waals surface area contributed by atoms with E-state index in [1.54, 1.807) is 24.7 Å². The average molecular weight is 614 g/mol. The first-order chi connectivity index (χ1) is 21.5. The minimum absolute atomic E-state index is 0.373. The normalized spacial score (nSPS) is 14.5. The van der Waals surface area contributed by atoms with Crippen molar-refractivity contribution in [2.45, 2.75) is 51.8 Å². The van der Waals surface area contributed by atoms with Crippen molar-refractivity contribution in [3.63, 3.8) is 0 Å². The number of H-pyrrole nitrogens is 1. The molecule has 0 spiro atoms. The number of nitrogens with zero attached hydrogens (tertiary/aromatic N) is 4. The van der Waals surface area contributed by atoms with Gasteiger partial charge in [-0.15, -0.1) is 0 Å². The van der Waals surface area contributed by atoms with Crippen LogP contribution in [0.1, 0.15) is 53.8 Å². The van der Waals surface area contributed by atoms with Gasteiger partial charge in [-0.2, -0.15) is 5.10 Å². The molecule has 44 heavy (non-hydrogen) atoms.